The molecule has 0 fully saturated rings. The summed E-state index contributed by atoms with van der Waals surface area (Å²) in [6.07, 6.45) is -2.34. The SMILES string of the molecule is N#C/C(=N\Nc1cc(C(=O)NCC(O)CO)cc(C(=O)NCC(O)CO)c1)C(=N)N. The molecule has 0 saturated heterocycles. The van der Waals surface area contributed by atoms with Gasteiger partial charge >= 0.3 is 0 Å². The number of aliphatic hydroxyl groups excluding tert-OH is 4. The van der Waals surface area contributed by atoms with Crippen molar-refractivity contribution in [3.05, 3.63) is 29.3 Å². The van der Waals surface area contributed by atoms with Crippen LogP contribution in [-0.2, 0) is 0 Å². The first-order valence-corrected chi connectivity index (χ1v) is 8.59. The summed E-state index contributed by atoms with van der Waals surface area (Å²) in [7, 11) is 0. The lowest BCUT2D eigenvalue weighted by Crippen LogP contribution is -2.35. The van der Waals surface area contributed by atoms with Crippen LogP contribution in [0.4, 0.5) is 5.69 Å². The maximum Gasteiger partial charge on any atom is 0.251 e. The van der Waals surface area contributed by atoms with Crippen molar-refractivity contribution in [3.8, 4) is 6.07 Å². The van der Waals surface area contributed by atoms with Gasteiger partial charge in [0.1, 0.15) is 6.07 Å². The van der Waals surface area contributed by atoms with E-state index in [9.17, 15) is 19.8 Å². The molecule has 13 nitrogen and oxygen atoms in total. The minimum absolute atomic E-state index is 0.0190. The Kier molecular flexibility index (Phi) is 9.86. The monoisotopic (exact) mass is 421 g/mol. The molecule has 1 aromatic carbocycles. The minimum atomic E-state index is -1.17. The van der Waals surface area contributed by atoms with Gasteiger partial charge < -0.3 is 36.8 Å². The highest BCUT2D eigenvalue weighted by atomic mass is 16.3. The quantitative estimate of drug-likeness (QED) is 0.101. The molecule has 162 valence electrons. The molecule has 0 bridgehead atoms. The first kappa shape index (κ1) is 24.5. The van der Waals surface area contributed by atoms with E-state index in [2.05, 4.69) is 21.2 Å². The molecule has 30 heavy (non-hydrogen) atoms. The van der Waals surface area contributed by atoms with Crippen molar-refractivity contribution >= 4 is 29.0 Å². The number of anilines is 1. The maximum atomic E-state index is 12.3. The average molecular weight is 421 g/mol. The number of hydrogen-bond acceptors (Lipinski definition) is 10. The summed E-state index contributed by atoms with van der Waals surface area (Å²) < 4.78 is 0. The highest BCUT2D eigenvalue weighted by molar-refractivity contribution is 6.45. The van der Waals surface area contributed by atoms with Gasteiger partial charge in [-0.2, -0.15) is 10.4 Å². The van der Waals surface area contributed by atoms with Crippen LogP contribution in [0.15, 0.2) is 23.3 Å². The predicted octanol–water partition coefficient (Wildman–Crippen LogP) is -2.92. The zero-order valence-corrected chi connectivity index (χ0v) is 15.8. The Bertz CT molecular complexity index is 807. The molecule has 2 unspecified atom stereocenters. The molecule has 0 radical (unpaired) electrons. The molecule has 0 aliphatic carbocycles. The van der Waals surface area contributed by atoms with E-state index in [0.29, 0.717) is 0 Å². The highest BCUT2D eigenvalue weighted by Gasteiger charge is 2.15. The molecule has 0 aliphatic rings. The number of hydrogen-bond donors (Lipinski definition) is 9. The van der Waals surface area contributed by atoms with Crippen molar-refractivity contribution in [1.82, 2.24) is 10.6 Å². The number of benzene rings is 1. The summed E-state index contributed by atoms with van der Waals surface area (Å²) in [6.45, 7) is -1.59. The summed E-state index contributed by atoms with van der Waals surface area (Å²) in [5.41, 5.74) is 7.27. The summed E-state index contributed by atoms with van der Waals surface area (Å²) in [5.74, 6) is -1.94. The number of nitriles is 1. The van der Waals surface area contributed by atoms with Gasteiger partial charge in [-0.3, -0.25) is 20.4 Å². The lowest BCUT2D eigenvalue weighted by Gasteiger charge is -2.13. The molecule has 2 atom stereocenters. The van der Waals surface area contributed by atoms with Crippen LogP contribution in [0.25, 0.3) is 0 Å². The molecule has 0 heterocycles. The van der Waals surface area contributed by atoms with Gasteiger partial charge in [0, 0.05) is 24.2 Å². The first-order chi connectivity index (χ1) is 14.2. The Hall–Kier alpha value is -3.57. The smallest absolute Gasteiger partial charge is 0.251 e. The molecular weight excluding hydrogens is 398 g/mol. The molecule has 1 aromatic rings. The third-order valence-electron chi connectivity index (χ3n) is 3.53. The number of amides is 2. The van der Waals surface area contributed by atoms with Gasteiger partial charge in [-0.1, -0.05) is 0 Å². The zero-order chi connectivity index (χ0) is 22.7. The Morgan fingerprint density at radius 2 is 1.53 bits per heavy atom. The summed E-state index contributed by atoms with van der Waals surface area (Å²) >= 11 is 0. The van der Waals surface area contributed by atoms with E-state index in [1.807, 2.05) is 0 Å². The average Bonchev–Trinajstić information content (AvgIpc) is 2.74. The van der Waals surface area contributed by atoms with Crippen molar-refractivity contribution in [2.24, 2.45) is 10.8 Å². The van der Waals surface area contributed by atoms with Crippen LogP contribution >= 0.6 is 0 Å². The second-order valence-electron chi connectivity index (χ2n) is 5.99. The van der Waals surface area contributed by atoms with Gasteiger partial charge in [0.15, 0.2) is 5.84 Å². The molecule has 0 aromatic heterocycles. The molecule has 1 rings (SSSR count). The number of carbonyl (C=O) groups is 2. The van der Waals surface area contributed by atoms with Crippen molar-refractivity contribution in [1.29, 1.82) is 10.7 Å². The van der Waals surface area contributed by atoms with Gasteiger partial charge in [0.25, 0.3) is 11.8 Å². The number of rotatable bonds is 11. The van der Waals surface area contributed by atoms with Gasteiger partial charge in [-0.25, -0.2) is 0 Å². The van der Waals surface area contributed by atoms with E-state index < -0.39 is 48.8 Å². The van der Waals surface area contributed by atoms with Crippen LogP contribution in [-0.4, -0.2) is 82.3 Å². The van der Waals surface area contributed by atoms with E-state index in [-0.39, 0.29) is 29.9 Å². The summed E-state index contributed by atoms with van der Waals surface area (Å²) in [4.78, 5) is 24.7. The van der Waals surface area contributed by atoms with Gasteiger partial charge in [0.05, 0.1) is 31.1 Å². The van der Waals surface area contributed by atoms with Crippen LogP contribution in [0, 0.1) is 16.7 Å². The highest BCUT2D eigenvalue weighted by Crippen LogP contribution is 2.16. The standard InChI is InChI=1S/C17H23N7O6/c18-4-14(15(19)20)24-23-11-2-9(16(29)21-5-12(27)7-25)1-10(3-11)17(30)22-6-13(28)8-26/h1-3,12-13,23,25-28H,5-8H2,(H3,19,20)(H,21,29)(H,22,30)/b24-14+. The van der Waals surface area contributed by atoms with Crippen LogP contribution < -0.4 is 21.8 Å². The van der Waals surface area contributed by atoms with Crippen molar-refractivity contribution in [2.45, 2.75) is 12.2 Å². The van der Waals surface area contributed by atoms with Gasteiger partial charge in [-0.05, 0) is 18.2 Å². The zero-order valence-electron chi connectivity index (χ0n) is 15.8. The first-order valence-electron chi connectivity index (χ1n) is 8.59. The largest absolute Gasteiger partial charge is 0.394 e. The Morgan fingerprint density at radius 1 is 1.07 bits per heavy atom. The second-order valence-corrected chi connectivity index (χ2v) is 5.99. The van der Waals surface area contributed by atoms with Gasteiger partial charge in [-0.15, -0.1) is 0 Å². The number of carbonyl (C=O) groups excluding carboxylic acids is 2. The van der Waals surface area contributed by atoms with E-state index in [0.717, 1.165) is 0 Å². The van der Waals surface area contributed by atoms with Crippen LogP contribution in [0.3, 0.4) is 0 Å². The van der Waals surface area contributed by atoms with E-state index >= 15 is 0 Å². The second kappa shape index (κ2) is 12.1. The van der Waals surface area contributed by atoms with Crippen LogP contribution in [0.1, 0.15) is 20.7 Å². The lowest BCUT2D eigenvalue weighted by atomic mass is 10.1. The maximum absolute atomic E-state index is 12.3. The molecular formula is C17H23N7O6. The number of nitrogens with one attached hydrogen (secondary N) is 4. The summed E-state index contributed by atoms with van der Waals surface area (Å²) in [5, 5.41) is 60.9. The minimum Gasteiger partial charge on any atom is -0.394 e. The number of hydrazone groups is 1. The number of nitrogens with zero attached hydrogens (tertiary/aromatic N) is 2. The summed E-state index contributed by atoms with van der Waals surface area (Å²) in [6, 6.07) is 5.41. The Morgan fingerprint density at radius 3 is 1.90 bits per heavy atom. The van der Waals surface area contributed by atoms with E-state index in [1.54, 1.807) is 6.07 Å². The van der Waals surface area contributed by atoms with Crippen LogP contribution in [0.2, 0.25) is 0 Å². The van der Waals surface area contributed by atoms with E-state index in [1.165, 1.54) is 18.2 Å². The number of amidine groups is 1. The molecule has 13 heteroatoms. The van der Waals surface area contributed by atoms with Gasteiger partial charge in [0.2, 0.25) is 5.71 Å². The Labute approximate surface area is 171 Å². The topological polar surface area (TPSA) is 237 Å². The fourth-order valence-corrected chi connectivity index (χ4v) is 1.97. The number of nitrogens with two attached hydrogens (primary N) is 1. The van der Waals surface area contributed by atoms with E-state index in [4.69, 9.17) is 26.6 Å². The third-order valence-corrected chi connectivity index (χ3v) is 3.53. The van der Waals surface area contributed by atoms with Crippen molar-refractivity contribution < 1.29 is 30.0 Å². The van der Waals surface area contributed by atoms with Crippen molar-refractivity contribution in [3.63, 3.8) is 0 Å². The normalized spacial score (nSPS) is 13.0. The predicted molar refractivity (Wildman–Crippen MR) is 106 cm³/mol. The number of aliphatic hydroxyl groups is 4. The lowest BCUT2D eigenvalue weighted by molar-refractivity contribution is 0.0800. The molecule has 0 saturated carbocycles. The third kappa shape index (κ3) is 7.81. The molecule has 10 N–H and O–H groups in total. The fraction of sp³-hybridized carbons (Fsp3) is 0.353. The molecule has 0 aliphatic heterocycles. The molecule has 0 spiro atoms. The molecule has 2 amide bonds. The van der Waals surface area contributed by atoms with Crippen LogP contribution in [0.5, 0.6) is 0 Å². The Balaban J connectivity index is 3.17. The fourth-order valence-electron chi connectivity index (χ4n) is 1.97. The van der Waals surface area contributed by atoms with Crippen molar-refractivity contribution in [2.75, 3.05) is 31.7 Å².